The number of carboxylic acid groups (broad SMARTS) is 1. The van der Waals surface area contributed by atoms with Crippen LogP contribution in [-0.2, 0) is 4.74 Å². The van der Waals surface area contributed by atoms with Gasteiger partial charge in [0.25, 0.3) is 0 Å². The molecule has 0 aromatic heterocycles. The van der Waals surface area contributed by atoms with Crippen molar-refractivity contribution in [1.29, 1.82) is 0 Å². The summed E-state index contributed by atoms with van der Waals surface area (Å²) in [5.74, 6) is 0. The van der Waals surface area contributed by atoms with E-state index in [1.54, 1.807) is 6.08 Å². The predicted molar refractivity (Wildman–Crippen MR) is 49.5 cm³/mol. The summed E-state index contributed by atoms with van der Waals surface area (Å²) in [6.45, 7) is 0.0875. The Hall–Kier alpha value is -1.77. The smallest absolute Gasteiger partial charge is 0.450 e. The van der Waals surface area contributed by atoms with Gasteiger partial charge in [-0.3, -0.25) is 0 Å². The lowest BCUT2D eigenvalue weighted by molar-refractivity contribution is 0.102. The second kappa shape index (κ2) is 4.98. The maximum Gasteiger partial charge on any atom is 0.506 e. The van der Waals surface area contributed by atoms with Gasteiger partial charge in [-0.15, -0.1) is 0 Å². The second-order valence-corrected chi connectivity index (χ2v) is 2.39. The fourth-order valence-corrected chi connectivity index (χ4v) is 0.868. The number of carbonyl (C=O) groups is 1. The van der Waals surface area contributed by atoms with Gasteiger partial charge in [-0.25, -0.2) is 4.79 Å². The van der Waals surface area contributed by atoms with Crippen molar-refractivity contribution in [2.75, 3.05) is 6.61 Å². The summed E-state index contributed by atoms with van der Waals surface area (Å²) >= 11 is 0. The van der Waals surface area contributed by atoms with Crippen molar-refractivity contribution < 1.29 is 14.6 Å². The van der Waals surface area contributed by atoms with Crippen LogP contribution in [0.15, 0.2) is 36.4 Å². The quantitative estimate of drug-likeness (QED) is 0.723. The Morgan fingerprint density at radius 3 is 2.69 bits per heavy atom. The highest BCUT2D eigenvalue weighted by molar-refractivity contribution is 5.57. The molecule has 0 atom stereocenters. The molecule has 1 rings (SSSR count). The molecular weight excluding hydrogens is 168 g/mol. The lowest BCUT2D eigenvalue weighted by atomic mass is 10.2. The van der Waals surface area contributed by atoms with Gasteiger partial charge in [-0.2, -0.15) is 0 Å². The van der Waals surface area contributed by atoms with Gasteiger partial charge in [0.05, 0.1) is 0 Å². The van der Waals surface area contributed by atoms with Gasteiger partial charge in [-0.05, 0) is 11.6 Å². The third kappa shape index (κ3) is 3.96. The van der Waals surface area contributed by atoms with E-state index in [0.717, 1.165) is 5.56 Å². The highest BCUT2D eigenvalue weighted by Gasteiger charge is 1.90. The fraction of sp³-hybridized carbons (Fsp3) is 0.100. The van der Waals surface area contributed by atoms with E-state index in [2.05, 4.69) is 4.74 Å². The maximum absolute atomic E-state index is 9.95. The Balaban J connectivity index is 2.37. The van der Waals surface area contributed by atoms with Crippen LogP contribution in [0.1, 0.15) is 5.56 Å². The van der Waals surface area contributed by atoms with E-state index in [1.165, 1.54) is 0 Å². The van der Waals surface area contributed by atoms with Crippen LogP contribution in [-0.4, -0.2) is 17.9 Å². The molecule has 3 nitrogen and oxygen atoms in total. The molecule has 68 valence electrons. The van der Waals surface area contributed by atoms with Gasteiger partial charge >= 0.3 is 6.16 Å². The van der Waals surface area contributed by atoms with E-state index < -0.39 is 6.16 Å². The zero-order valence-corrected chi connectivity index (χ0v) is 7.01. The minimum Gasteiger partial charge on any atom is -0.450 e. The third-order valence-corrected chi connectivity index (χ3v) is 1.41. The summed E-state index contributed by atoms with van der Waals surface area (Å²) in [7, 11) is 0. The van der Waals surface area contributed by atoms with Crippen molar-refractivity contribution in [2.24, 2.45) is 0 Å². The van der Waals surface area contributed by atoms with Gasteiger partial charge in [-0.1, -0.05) is 36.4 Å². The van der Waals surface area contributed by atoms with Crippen molar-refractivity contribution in [2.45, 2.75) is 0 Å². The van der Waals surface area contributed by atoms with Crippen molar-refractivity contribution in [3.63, 3.8) is 0 Å². The molecule has 0 radical (unpaired) electrons. The molecule has 3 heteroatoms. The highest BCUT2D eigenvalue weighted by atomic mass is 16.7. The van der Waals surface area contributed by atoms with Gasteiger partial charge in [0.15, 0.2) is 0 Å². The Morgan fingerprint density at radius 1 is 1.38 bits per heavy atom. The van der Waals surface area contributed by atoms with Crippen molar-refractivity contribution in [3.8, 4) is 0 Å². The van der Waals surface area contributed by atoms with E-state index >= 15 is 0 Å². The fourth-order valence-electron chi connectivity index (χ4n) is 0.868. The maximum atomic E-state index is 9.95. The zero-order valence-electron chi connectivity index (χ0n) is 7.01. The summed E-state index contributed by atoms with van der Waals surface area (Å²) < 4.78 is 4.29. The Labute approximate surface area is 76.3 Å². The molecule has 1 N–H and O–H groups in total. The van der Waals surface area contributed by atoms with E-state index in [9.17, 15) is 4.79 Å². The van der Waals surface area contributed by atoms with Crippen molar-refractivity contribution in [1.82, 2.24) is 0 Å². The number of hydrogen-bond acceptors (Lipinski definition) is 2. The number of ether oxygens (including phenoxy) is 1. The summed E-state index contributed by atoms with van der Waals surface area (Å²) in [4.78, 5) is 9.95. The number of rotatable bonds is 3. The Kier molecular flexibility index (Phi) is 3.57. The SMILES string of the molecule is O=C(O)OC/C=C/c1ccccc1. The normalized spacial score (nSPS) is 10.2. The molecule has 0 saturated heterocycles. The third-order valence-electron chi connectivity index (χ3n) is 1.41. The average molecular weight is 178 g/mol. The van der Waals surface area contributed by atoms with E-state index in [1.807, 2.05) is 36.4 Å². The molecule has 0 spiro atoms. The Bertz CT molecular complexity index is 290. The van der Waals surface area contributed by atoms with Crippen LogP contribution >= 0.6 is 0 Å². The van der Waals surface area contributed by atoms with Crippen LogP contribution in [0.2, 0.25) is 0 Å². The molecule has 0 aliphatic heterocycles. The van der Waals surface area contributed by atoms with Gasteiger partial charge in [0.2, 0.25) is 0 Å². The molecule has 0 fully saturated rings. The molecule has 0 amide bonds. The molecule has 0 heterocycles. The summed E-state index contributed by atoms with van der Waals surface area (Å²) in [6, 6.07) is 9.61. The minimum absolute atomic E-state index is 0.0875. The number of hydrogen-bond donors (Lipinski definition) is 1. The minimum atomic E-state index is -1.25. The van der Waals surface area contributed by atoms with Crippen LogP contribution < -0.4 is 0 Å². The molecule has 1 aromatic rings. The predicted octanol–water partition coefficient (Wildman–Crippen LogP) is 2.39. The first kappa shape index (κ1) is 9.32. The number of benzene rings is 1. The van der Waals surface area contributed by atoms with Crippen molar-refractivity contribution >= 4 is 12.2 Å². The zero-order chi connectivity index (χ0) is 9.52. The van der Waals surface area contributed by atoms with Crippen LogP contribution in [0, 0.1) is 0 Å². The first-order valence-electron chi connectivity index (χ1n) is 3.86. The van der Waals surface area contributed by atoms with Crippen LogP contribution in [0.3, 0.4) is 0 Å². The summed E-state index contributed by atoms with van der Waals surface area (Å²) in [5.41, 5.74) is 1.02. The highest BCUT2D eigenvalue weighted by Crippen LogP contribution is 2.00. The Morgan fingerprint density at radius 2 is 2.08 bits per heavy atom. The van der Waals surface area contributed by atoms with E-state index in [-0.39, 0.29) is 6.61 Å². The van der Waals surface area contributed by atoms with Gasteiger partial charge < -0.3 is 9.84 Å². The first-order chi connectivity index (χ1) is 6.29. The lowest BCUT2D eigenvalue weighted by Gasteiger charge is -1.93. The first-order valence-corrected chi connectivity index (χ1v) is 3.86. The van der Waals surface area contributed by atoms with Crippen LogP contribution in [0.5, 0.6) is 0 Å². The van der Waals surface area contributed by atoms with E-state index in [4.69, 9.17) is 5.11 Å². The molecule has 1 aromatic carbocycles. The van der Waals surface area contributed by atoms with E-state index in [0.29, 0.717) is 0 Å². The van der Waals surface area contributed by atoms with Gasteiger partial charge in [0.1, 0.15) is 6.61 Å². The topological polar surface area (TPSA) is 46.5 Å². The largest absolute Gasteiger partial charge is 0.506 e. The second-order valence-electron chi connectivity index (χ2n) is 2.39. The summed E-state index contributed by atoms with van der Waals surface area (Å²) in [6.07, 6.45) is 2.21. The average Bonchev–Trinajstić information content (AvgIpc) is 2.14. The monoisotopic (exact) mass is 178 g/mol. The lowest BCUT2D eigenvalue weighted by Crippen LogP contribution is -1.98. The molecule has 0 aliphatic rings. The van der Waals surface area contributed by atoms with Gasteiger partial charge in [0, 0.05) is 0 Å². The van der Waals surface area contributed by atoms with Crippen molar-refractivity contribution in [3.05, 3.63) is 42.0 Å². The standard InChI is InChI=1S/C10H10O3/c11-10(12)13-8-4-7-9-5-2-1-3-6-9/h1-7H,8H2,(H,11,12)/b7-4+. The summed E-state index contributed by atoms with van der Waals surface area (Å²) in [5, 5.41) is 8.15. The van der Waals surface area contributed by atoms with Crippen LogP contribution in [0.25, 0.3) is 6.08 Å². The molecule has 0 aliphatic carbocycles. The van der Waals surface area contributed by atoms with Crippen LogP contribution in [0.4, 0.5) is 4.79 Å². The molecule has 13 heavy (non-hydrogen) atoms. The molecule has 0 bridgehead atoms. The molecule has 0 unspecified atom stereocenters. The molecule has 0 saturated carbocycles. The molecular formula is C10H10O3.